The molecule has 0 radical (unpaired) electrons. The summed E-state index contributed by atoms with van der Waals surface area (Å²) in [5, 5.41) is 0. The zero-order chi connectivity index (χ0) is 51.6. The van der Waals surface area contributed by atoms with Gasteiger partial charge in [0.2, 0.25) is 0 Å². The second-order valence-electron chi connectivity index (χ2n) is 18.6. The quantitative estimate of drug-likeness (QED) is 0.0245. The van der Waals surface area contributed by atoms with Gasteiger partial charge in [-0.05, 0) is 172 Å². The maximum Gasteiger partial charge on any atom is 0.343 e. The van der Waals surface area contributed by atoms with E-state index in [2.05, 4.69) is 13.8 Å². The molecule has 0 aliphatic rings. The largest absolute Gasteiger partial charge is 0.494 e. The van der Waals surface area contributed by atoms with E-state index >= 15 is 0 Å². The van der Waals surface area contributed by atoms with E-state index in [1.165, 1.54) is 25.7 Å². The molecule has 0 unspecified atom stereocenters. The van der Waals surface area contributed by atoms with Crippen LogP contribution in [0, 0.1) is 0 Å². The number of carbonyl (C=O) groups is 4. The van der Waals surface area contributed by atoms with Gasteiger partial charge < -0.3 is 28.4 Å². The average Bonchev–Trinajstić information content (AvgIpc) is 3.41. The van der Waals surface area contributed by atoms with Gasteiger partial charge in [-0.25, -0.2) is 19.2 Å². The van der Waals surface area contributed by atoms with Gasteiger partial charge in [-0.2, -0.15) is 0 Å². The Bertz CT molecular complexity index is 2400. The third-order valence-corrected chi connectivity index (χ3v) is 12.6. The van der Waals surface area contributed by atoms with E-state index in [4.69, 9.17) is 28.4 Å². The molecule has 10 nitrogen and oxygen atoms in total. The van der Waals surface area contributed by atoms with Crippen LogP contribution in [0.3, 0.4) is 0 Å². The minimum Gasteiger partial charge on any atom is -0.494 e. The van der Waals surface area contributed by atoms with Gasteiger partial charge in [0.15, 0.2) is 0 Å². The highest BCUT2D eigenvalue weighted by Crippen LogP contribution is 2.27. The topological polar surface area (TPSA) is 124 Å². The SMILES string of the molecule is CCCCCC[C@H](C)OC(=O)c1ccc(-c2ccc(OC(=O)c3ccc(OCCCCCCCOc4ccc(C(=O)Oc5ccc(-c6ccc(C(=O)O[C@@H](C)CCCCCC)cc6)cc5)cc4)cc3)cc2)cc1. The van der Waals surface area contributed by atoms with E-state index in [1.807, 2.05) is 62.4 Å². The molecule has 0 aliphatic heterocycles. The Morgan fingerprint density at radius 1 is 0.329 bits per heavy atom. The van der Waals surface area contributed by atoms with E-state index in [-0.39, 0.29) is 24.1 Å². The summed E-state index contributed by atoms with van der Waals surface area (Å²) in [6.45, 7) is 9.40. The van der Waals surface area contributed by atoms with Gasteiger partial charge in [0.05, 0.1) is 47.7 Å². The Morgan fingerprint density at radius 3 is 0.945 bits per heavy atom. The van der Waals surface area contributed by atoms with Crippen molar-refractivity contribution in [3.8, 4) is 45.3 Å². The smallest absolute Gasteiger partial charge is 0.343 e. The van der Waals surface area contributed by atoms with Crippen molar-refractivity contribution in [2.24, 2.45) is 0 Å². The molecule has 384 valence electrons. The highest BCUT2D eigenvalue weighted by molar-refractivity contribution is 5.93. The zero-order valence-corrected chi connectivity index (χ0v) is 43.1. The summed E-state index contributed by atoms with van der Waals surface area (Å²) >= 11 is 0. The lowest BCUT2D eigenvalue weighted by molar-refractivity contribution is 0.0309. The normalized spacial score (nSPS) is 11.8. The third kappa shape index (κ3) is 18.7. The molecule has 10 heteroatoms. The predicted octanol–water partition coefficient (Wildman–Crippen LogP) is 15.9. The number of unbranched alkanes of at least 4 members (excludes halogenated alkanes) is 10. The van der Waals surface area contributed by atoms with Crippen LogP contribution in [0.4, 0.5) is 0 Å². The monoisotopic (exact) mass is 989 g/mol. The molecule has 0 saturated heterocycles. The van der Waals surface area contributed by atoms with Crippen LogP contribution < -0.4 is 18.9 Å². The number of hydrogen-bond acceptors (Lipinski definition) is 10. The van der Waals surface area contributed by atoms with Crippen LogP contribution in [0.15, 0.2) is 146 Å². The number of hydrogen-bond donors (Lipinski definition) is 0. The predicted molar refractivity (Wildman–Crippen MR) is 288 cm³/mol. The molecule has 0 amide bonds. The summed E-state index contributed by atoms with van der Waals surface area (Å²) in [5.41, 5.74) is 5.63. The van der Waals surface area contributed by atoms with E-state index in [9.17, 15) is 19.2 Å². The van der Waals surface area contributed by atoms with Crippen molar-refractivity contribution in [2.45, 2.75) is 136 Å². The van der Waals surface area contributed by atoms with E-state index in [1.54, 1.807) is 97.1 Å². The van der Waals surface area contributed by atoms with Gasteiger partial charge in [0.1, 0.15) is 23.0 Å². The Kier molecular flexibility index (Phi) is 22.6. The molecule has 6 aromatic carbocycles. The van der Waals surface area contributed by atoms with Gasteiger partial charge in [0, 0.05) is 0 Å². The second-order valence-corrected chi connectivity index (χ2v) is 18.6. The number of ether oxygens (including phenoxy) is 6. The van der Waals surface area contributed by atoms with E-state index in [0.717, 1.165) is 92.9 Å². The highest BCUT2D eigenvalue weighted by Gasteiger charge is 2.16. The lowest BCUT2D eigenvalue weighted by Crippen LogP contribution is -2.15. The van der Waals surface area contributed by atoms with E-state index < -0.39 is 11.9 Å². The summed E-state index contributed by atoms with van der Waals surface area (Å²) in [6, 6.07) is 43.1. The molecule has 0 saturated carbocycles. The third-order valence-electron chi connectivity index (χ3n) is 12.6. The fourth-order valence-corrected chi connectivity index (χ4v) is 8.19. The molecule has 0 heterocycles. The molecule has 2 atom stereocenters. The van der Waals surface area contributed by atoms with Crippen molar-refractivity contribution < 1.29 is 47.6 Å². The Morgan fingerprint density at radius 2 is 0.603 bits per heavy atom. The van der Waals surface area contributed by atoms with Crippen LogP contribution in [0.5, 0.6) is 23.0 Å². The maximum absolute atomic E-state index is 12.9. The number of esters is 4. The van der Waals surface area contributed by atoms with Crippen LogP contribution >= 0.6 is 0 Å². The minimum absolute atomic E-state index is 0.113. The lowest BCUT2D eigenvalue weighted by atomic mass is 10.0. The minimum atomic E-state index is -0.457. The summed E-state index contributed by atoms with van der Waals surface area (Å²) in [4.78, 5) is 51.0. The summed E-state index contributed by atoms with van der Waals surface area (Å²) < 4.78 is 34.4. The van der Waals surface area contributed by atoms with Crippen LogP contribution in [0.25, 0.3) is 22.3 Å². The molecule has 0 aromatic heterocycles. The molecule has 0 N–H and O–H groups in total. The van der Waals surface area contributed by atoms with Crippen molar-refractivity contribution in [1.29, 1.82) is 0 Å². The van der Waals surface area contributed by atoms with Gasteiger partial charge in [-0.1, -0.05) is 120 Å². The molecule has 0 bridgehead atoms. The van der Waals surface area contributed by atoms with Crippen molar-refractivity contribution in [2.75, 3.05) is 13.2 Å². The highest BCUT2D eigenvalue weighted by atomic mass is 16.6. The Balaban J connectivity index is 0.804. The standard InChI is InChI=1S/C63H72O10/c1-5-7-9-14-18-46(3)70-60(64)52-24-20-48(21-25-52)50-28-40-58(41-29-50)72-62(66)54-32-36-56(37-33-54)68-44-16-12-11-13-17-45-69-57-38-34-55(35-39-57)63(67)73-59-42-30-51(31-43-59)49-22-26-53(27-23-49)61(65)71-47(4)19-15-10-8-6-2/h20-43,46-47H,5-19,44-45H2,1-4H3/t46-,47-/m0/s1. The molecule has 73 heavy (non-hydrogen) atoms. The molecule has 0 spiro atoms. The van der Waals surface area contributed by atoms with Crippen molar-refractivity contribution in [3.05, 3.63) is 168 Å². The van der Waals surface area contributed by atoms with Gasteiger partial charge in [-0.3, -0.25) is 0 Å². The molecule has 6 aromatic rings. The first kappa shape index (κ1) is 55.1. The van der Waals surface area contributed by atoms with Crippen molar-refractivity contribution in [3.63, 3.8) is 0 Å². The Labute approximate surface area is 432 Å². The average molecular weight is 989 g/mol. The maximum atomic E-state index is 12.9. The van der Waals surface area contributed by atoms with Gasteiger partial charge in [0.25, 0.3) is 0 Å². The van der Waals surface area contributed by atoms with Gasteiger partial charge in [-0.15, -0.1) is 0 Å². The molecule has 0 fully saturated rings. The molecule has 0 aliphatic carbocycles. The van der Waals surface area contributed by atoms with Crippen molar-refractivity contribution in [1.82, 2.24) is 0 Å². The molecule has 6 rings (SSSR count). The first-order valence-electron chi connectivity index (χ1n) is 26.3. The number of carbonyl (C=O) groups excluding carboxylic acids is 4. The summed E-state index contributed by atoms with van der Waals surface area (Å²) in [7, 11) is 0. The van der Waals surface area contributed by atoms with Crippen LogP contribution in [0.2, 0.25) is 0 Å². The summed E-state index contributed by atoms with van der Waals surface area (Å²) in [6.07, 6.45) is 15.6. The fraction of sp³-hybridized carbons (Fsp3) is 0.365. The fourth-order valence-electron chi connectivity index (χ4n) is 8.19. The molecular weight excluding hydrogens is 917 g/mol. The van der Waals surface area contributed by atoms with Crippen LogP contribution in [-0.2, 0) is 9.47 Å². The summed E-state index contributed by atoms with van der Waals surface area (Å²) in [5.74, 6) is 0.713. The van der Waals surface area contributed by atoms with Gasteiger partial charge >= 0.3 is 23.9 Å². The number of benzene rings is 6. The lowest BCUT2D eigenvalue weighted by Gasteiger charge is -2.13. The second kappa shape index (κ2) is 30.0. The van der Waals surface area contributed by atoms with E-state index in [0.29, 0.717) is 58.5 Å². The zero-order valence-electron chi connectivity index (χ0n) is 43.1. The number of rotatable bonds is 30. The first-order valence-corrected chi connectivity index (χ1v) is 26.3. The van der Waals surface area contributed by atoms with Crippen LogP contribution in [0.1, 0.15) is 165 Å². The Hall–Kier alpha value is -7.20. The van der Waals surface area contributed by atoms with Crippen molar-refractivity contribution >= 4 is 23.9 Å². The molecular formula is C63H72O10. The van der Waals surface area contributed by atoms with Crippen LogP contribution in [-0.4, -0.2) is 49.3 Å². The first-order chi connectivity index (χ1) is 35.6.